The van der Waals surface area contributed by atoms with Crippen molar-refractivity contribution in [1.29, 1.82) is 0 Å². The molecule has 1 saturated carbocycles. The molecule has 1 aliphatic carbocycles. The normalized spacial score (nSPS) is 20.6. The van der Waals surface area contributed by atoms with Crippen molar-refractivity contribution < 1.29 is 9.53 Å². The first-order chi connectivity index (χ1) is 13.1. The molecule has 4 rings (SSSR count). The summed E-state index contributed by atoms with van der Waals surface area (Å²) in [4.78, 5) is 12.8. The summed E-state index contributed by atoms with van der Waals surface area (Å²) in [6, 6.07) is 8.00. The van der Waals surface area contributed by atoms with Crippen molar-refractivity contribution in [2.24, 2.45) is 0 Å². The summed E-state index contributed by atoms with van der Waals surface area (Å²) < 4.78 is 8.50. The second-order valence-corrected chi connectivity index (χ2v) is 8.49. The third-order valence-corrected chi connectivity index (χ3v) is 5.81. The smallest absolute Gasteiger partial charge is 0.273 e. The molecule has 1 amide bonds. The highest BCUT2D eigenvalue weighted by Crippen LogP contribution is 2.42. The van der Waals surface area contributed by atoms with Crippen LogP contribution in [0.15, 0.2) is 28.7 Å². The predicted molar refractivity (Wildman–Crippen MR) is 106 cm³/mol. The van der Waals surface area contributed by atoms with Crippen LogP contribution in [0.2, 0.25) is 0 Å². The molecule has 144 valence electrons. The minimum Gasteiger partial charge on any atom is -0.378 e. The highest BCUT2D eigenvalue weighted by atomic mass is 79.9. The lowest BCUT2D eigenvalue weighted by Gasteiger charge is -2.16. The molecule has 1 aliphatic heterocycles. The molecule has 2 aliphatic rings. The molecule has 0 bridgehead atoms. The van der Waals surface area contributed by atoms with Gasteiger partial charge in [-0.05, 0) is 69.7 Å². The Balaban J connectivity index is 1.46. The average Bonchev–Trinajstić information content (AvgIpc) is 3.19. The summed E-state index contributed by atoms with van der Waals surface area (Å²) in [5.74, 6) is 0.242. The molecule has 1 N–H and O–H groups in total. The van der Waals surface area contributed by atoms with Crippen LogP contribution in [0.4, 0.5) is 0 Å². The number of aromatic nitrogens is 3. The fraction of sp³-hybridized carbons (Fsp3) is 0.550. The lowest BCUT2D eigenvalue weighted by atomic mass is 10.1. The Kier molecular flexibility index (Phi) is 5.59. The van der Waals surface area contributed by atoms with Crippen LogP contribution >= 0.6 is 15.9 Å². The summed E-state index contributed by atoms with van der Waals surface area (Å²) in [5, 5.41) is 11.6. The zero-order valence-electron chi connectivity index (χ0n) is 15.5. The second kappa shape index (κ2) is 8.10. The maximum Gasteiger partial charge on any atom is 0.273 e. The molecule has 7 heteroatoms. The topological polar surface area (TPSA) is 69.0 Å². The Hall–Kier alpha value is -1.73. The highest BCUT2D eigenvalue weighted by molar-refractivity contribution is 9.10. The van der Waals surface area contributed by atoms with Gasteiger partial charge in [0.1, 0.15) is 0 Å². The third kappa shape index (κ3) is 4.41. The molecule has 2 heterocycles. The fourth-order valence-electron chi connectivity index (χ4n) is 3.62. The van der Waals surface area contributed by atoms with Crippen molar-refractivity contribution in [3.63, 3.8) is 0 Å². The van der Waals surface area contributed by atoms with Gasteiger partial charge in [0.25, 0.3) is 5.91 Å². The summed E-state index contributed by atoms with van der Waals surface area (Å²) in [6.07, 6.45) is 6.70. The number of carbonyl (C=O) groups is 1. The van der Waals surface area contributed by atoms with Crippen molar-refractivity contribution in [1.82, 2.24) is 20.3 Å². The summed E-state index contributed by atoms with van der Waals surface area (Å²) in [6.45, 7) is 2.91. The average molecular weight is 433 g/mol. The van der Waals surface area contributed by atoms with Crippen LogP contribution < -0.4 is 5.32 Å². The van der Waals surface area contributed by atoms with Crippen molar-refractivity contribution in [2.75, 3.05) is 6.61 Å². The van der Waals surface area contributed by atoms with E-state index in [-0.39, 0.29) is 11.9 Å². The Morgan fingerprint density at radius 3 is 2.78 bits per heavy atom. The number of amides is 1. The van der Waals surface area contributed by atoms with E-state index in [1.807, 2.05) is 35.9 Å². The van der Waals surface area contributed by atoms with Gasteiger partial charge < -0.3 is 10.1 Å². The van der Waals surface area contributed by atoms with E-state index >= 15 is 0 Å². The van der Waals surface area contributed by atoms with E-state index in [2.05, 4.69) is 31.6 Å². The first-order valence-electron chi connectivity index (χ1n) is 9.76. The number of nitrogens with zero attached hydrogens (tertiary/aromatic N) is 3. The van der Waals surface area contributed by atoms with Gasteiger partial charge in [0.05, 0.1) is 17.5 Å². The number of halogens is 1. The number of nitrogens with one attached hydrogen (secondary N) is 1. The number of ether oxygens (including phenoxy) is 1. The van der Waals surface area contributed by atoms with Gasteiger partial charge in [-0.15, -0.1) is 5.10 Å². The summed E-state index contributed by atoms with van der Waals surface area (Å²) in [7, 11) is 0. The van der Waals surface area contributed by atoms with E-state index in [0.717, 1.165) is 61.0 Å². The van der Waals surface area contributed by atoms with E-state index in [1.165, 1.54) is 0 Å². The van der Waals surface area contributed by atoms with Gasteiger partial charge >= 0.3 is 0 Å². The van der Waals surface area contributed by atoms with Crippen molar-refractivity contribution in [2.45, 2.75) is 63.5 Å². The van der Waals surface area contributed by atoms with Gasteiger partial charge in [0, 0.05) is 23.0 Å². The Bertz CT molecular complexity index is 795. The molecule has 2 fully saturated rings. The van der Waals surface area contributed by atoms with Gasteiger partial charge in [0.2, 0.25) is 0 Å². The lowest BCUT2D eigenvalue weighted by Crippen LogP contribution is -2.34. The zero-order valence-corrected chi connectivity index (χ0v) is 17.1. The largest absolute Gasteiger partial charge is 0.378 e. The molecule has 1 aromatic carbocycles. The van der Waals surface area contributed by atoms with Crippen LogP contribution in [0, 0.1) is 0 Å². The third-order valence-electron chi connectivity index (χ3n) is 5.28. The minimum atomic E-state index is -0.125. The van der Waals surface area contributed by atoms with Gasteiger partial charge in [-0.1, -0.05) is 21.1 Å². The van der Waals surface area contributed by atoms with Crippen molar-refractivity contribution in [3.8, 4) is 5.69 Å². The molecular formula is C20H25BrN4O2. The second-order valence-electron chi connectivity index (χ2n) is 7.57. The highest BCUT2D eigenvalue weighted by Gasteiger charge is 2.34. The number of hydrogen-bond donors (Lipinski definition) is 1. The van der Waals surface area contributed by atoms with Crippen LogP contribution in [0.3, 0.4) is 0 Å². The summed E-state index contributed by atoms with van der Waals surface area (Å²) >= 11 is 3.45. The van der Waals surface area contributed by atoms with Crippen LogP contribution in [-0.4, -0.2) is 39.7 Å². The lowest BCUT2D eigenvalue weighted by molar-refractivity contribution is 0.0894. The maximum absolute atomic E-state index is 12.8. The molecule has 27 heavy (non-hydrogen) atoms. The molecule has 2 aromatic rings. The molecule has 1 saturated heterocycles. The van der Waals surface area contributed by atoms with Crippen molar-refractivity contribution >= 4 is 21.8 Å². The number of carbonyl (C=O) groups excluding carboxylic acids is 1. The maximum atomic E-state index is 12.8. The van der Waals surface area contributed by atoms with E-state index in [9.17, 15) is 4.79 Å². The Morgan fingerprint density at radius 2 is 2.11 bits per heavy atom. The van der Waals surface area contributed by atoms with Crippen LogP contribution in [-0.2, 0) is 4.74 Å². The van der Waals surface area contributed by atoms with Crippen LogP contribution in [0.25, 0.3) is 5.69 Å². The fourth-order valence-corrected chi connectivity index (χ4v) is 3.88. The Morgan fingerprint density at radius 1 is 1.33 bits per heavy atom. The quantitative estimate of drug-likeness (QED) is 0.717. The Labute approximate surface area is 167 Å². The predicted octanol–water partition coefficient (Wildman–Crippen LogP) is 3.98. The molecule has 0 radical (unpaired) electrons. The molecule has 2 unspecified atom stereocenters. The van der Waals surface area contributed by atoms with Crippen LogP contribution in [0.1, 0.15) is 67.5 Å². The van der Waals surface area contributed by atoms with E-state index in [4.69, 9.17) is 4.74 Å². The van der Waals surface area contributed by atoms with Gasteiger partial charge in [0.15, 0.2) is 5.69 Å². The molecule has 1 aromatic heterocycles. The van der Waals surface area contributed by atoms with Gasteiger partial charge in [-0.25, -0.2) is 4.68 Å². The summed E-state index contributed by atoms with van der Waals surface area (Å²) in [5.41, 5.74) is 2.32. The van der Waals surface area contributed by atoms with E-state index in [0.29, 0.717) is 17.7 Å². The molecular weight excluding hydrogens is 408 g/mol. The standard InChI is InChI=1S/C20H25BrN4O2/c1-13(4-11-17-3-2-12-27-17)22-20(26)18-19(14-5-6-14)25(24-23-18)16-9-7-15(21)8-10-16/h7-10,13-14,17H,2-6,11-12H2,1H3,(H,22,26). The zero-order chi connectivity index (χ0) is 18.8. The molecule has 6 nitrogen and oxygen atoms in total. The number of rotatable bonds is 7. The first kappa shape index (κ1) is 18.6. The first-order valence-corrected chi connectivity index (χ1v) is 10.5. The van der Waals surface area contributed by atoms with E-state index in [1.54, 1.807) is 0 Å². The molecule has 2 atom stereocenters. The minimum absolute atomic E-state index is 0.0894. The number of hydrogen-bond acceptors (Lipinski definition) is 4. The SMILES string of the molecule is CC(CCC1CCCO1)NC(=O)c1nnn(-c2ccc(Br)cc2)c1C1CC1. The van der Waals surface area contributed by atoms with Crippen molar-refractivity contribution in [3.05, 3.63) is 40.1 Å². The van der Waals surface area contributed by atoms with Gasteiger partial charge in [-0.2, -0.15) is 0 Å². The number of benzene rings is 1. The molecule has 0 spiro atoms. The van der Waals surface area contributed by atoms with Gasteiger partial charge in [-0.3, -0.25) is 4.79 Å². The van der Waals surface area contributed by atoms with E-state index < -0.39 is 0 Å². The monoisotopic (exact) mass is 432 g/mol. The van der Waals surface area contributed by atoms with Crippen LogP contribution in [0.5, 0.6) is 0 Å².